The summed E-state index contributed by atoms with van der Waals surface area (Å²) in [6, 6.07) is 8.56. The van der Waals surface area contributed by atoms with Crippen molar-refractivity contribution >= 4 is 5.96 Å². The molecule has 0 saturated heterocycles. The molecule has 0 radical (unpaired) electrons. The molecule has 0 heterocycles. The first-order valence-electron chi connectivity index (χ1n) is 7.09. The van der Waals surface area contributed by atoms with Gasteiger partial charge in [-0.25, -0.2) is 0 Å². The van der Waals surface area contributed by atoms with Crippen LogP contribution >= 0.6 is 0 Å². The summed E-state index contributed by atoms with van der Waals surface area (Å²) < 4.78 is 0. The predicted octanol–water partition coefficient (Wildman–Crippen LogP) is 3.05. The van der Waals surface area contributed by atoms with Crippen molar-refractivity contribution < 1.29 is 0 Å². The Morgan fingerprint density at radius 2 is 2.05 bits per heavy atom. The zero-order valence-corrected chi connectivity index (χ0v) is 12.6. The summed E-state index contributed by atoms with van der Waals surface area (Å²) in [7, 11) is 0. The topological polar surface area (TPSA) is 50.4 Å². The molecule has 1 aromatic carbocycles. The molecule has 1 atom stereocenters. The molecule has 3 nitrogen and oxygen atoms in total. The van der Waals surface area contributed by atoms with Crippen molar-refractivity contribution in [2.75, 3.05) is 13.1 Å². The second kappa shape index (κ2) is 7.82. The first-order chi connectivity index (χ1) is 8.99. The number of rotatable bonds is 6. The van der Waals surface area contributed by atoms with Gasteiger partial charge in [0.05, 0.1) is 0 Å². The Bertz CT molecular complexity index is 410. The molecule has 1 unspecified atom stereocenters. The van der Waals surface area contributed by atoms with Gasteiger partial charge in [0.25, 0.3) is 0 Å². The monoisotopic (exact) mass is 261 g/mol. The van der Waals surface area contributed by atoms with E-state index in [1.54, 1.807) is 0 Å². The van der Waals surface area contributed by atoms with Crippen LogP contribution in [0.3, 0.4) is 0 Å². The Balaban J connectivity index is 2.42. The molecular formula is C16H27N3. The number of aliphatic imine (C=N–C) groups is 1. The highest BCUT2D eigenvalue weighted by atomic mass is 15.1. The van der Waals surface area contributed by atoms with E-state index in [2.05, 4.69) is 62.3 Å². The van der Waals surface area contributed by atoms with Gasteiger partial charge >= 0.3 is 0 Å². The number of nitrogens with zero attached hydrogens (tertiary/aromatic N) is 1. The minimum Gasteiger partial charge on any atom is -0.370 e. The summed E-state index contributed by atoms with van der Waals surface area (Å²) in [6.45, 7) is 10.3. The number of nitrogens with one attached hydrogen (secondary N) is 1. The lowest BCUT2D eigenvalue weighted by molar-refractivity contribution is 0.576. The highest BCUT2D eigenvalue weighted by Crippen LogP contribution is 2.16. The zero-order chi connectivity index (χ0) is 14.3. The molecule has 1 rings (SSSR count). The van der Waals surface area contributed by atoms with Crippen molar-refractivity contribution in [1.82, 2.24) is 5.32 Å². The van der Waals surface area contributed by atoms with Crippen LogP contribution < -0.4 is 11.1 Å². The van der Waals surface area contributed by atoms with Crippen LogP contribution in [0.5, 0.6) is 0 Å². The normalized spacial score (nSPS) is 13.6. The number of benzene rings is 1. The van der Waals surface area contributed by atoms with Gasteiger partial charge in [-0.3, -0.25) is 4.99 Å². The predicted molar refractivity (Wildman–Crippen MR) is 83.5 cm³/mol. The molecule has 106 valence electrons. The van der Waals surface area contributed by atoms with Crippen LogP contribution in [0.4, 0.5) is 0 Å². The van der Waals surface area contributed by atoms with E-state index in [0.29, 0.717) is 17.8 Å². The van der Waals surface area contributed by atoms with E-state index in [0.717, 1.165) is 19.5 Å². The van der Waals surface area contributed by atoms with Gasteiger partial charge < -0.3 is 11.1 Å². The van der Waals surface area contributed by atoms with E-state index in [9.17, 15) is 0 Å². The Morgan fingerprint density at radius 3 is 2.68 bits per heavy atom. The van der Waals surface area contributed by atoms with Crippen molar-refractivity contribution in [3.8, 4) is 0 Å². The van der Waals surface area contributed by atoms with Gasteiger partial charge in [-0.05, 0) is 24.8 Å². The van der Waals surface area contributed by atoms with Crippen LogP contribution in [0.25, 0.3) is 0 Å². The van der Waals surface area contributed by atoms with Crippen LogP contribution in [-0.4, -0.2) is 19.0 Å². The number of hydrogen-bond acceptors (Lipinski definition) is 1. The molecule has 0 aliphatic carbocycles. The van der Waals surface area contributed by atoms with Crippen LogP contribution in [-0.2, 0) is 0 Å². The molecule has 19 heavy (non-hydrogen) atoms. The molecule has 1 aromatic rings. The van der Waals surface area contributed by atoms with Gasteiger partial charge in [0.1, 0.15) is 0 Å². The van der Waals surface area contributed by atoms with Gasteiger partial charge in [-0.1, -0.05) is 50.6 Å². The zero-order valence-electron chi connectivity index (χ0n) is 12.6. The number of hydrogen-bond donors (Lipinski definition) is 2. The minimum absolute atomic E-state index is 0.394. The fraction of sp³-hybridized carbons (Fsp3) is 0.562. The maximum atomic E-state index is 5.86. The molecule has 0 aliphatic heterocycles. The number of guanidine groups is 1. The van der Waals surface area contributed by atoms with Crippen LogP contribution in [0.15, 0.2) is 29.3 Å². The van der Waals surface area contributed by atoms with E-state index in [1.807, 2.05) is 0 Å². The van der Waals surface area contributed by atoms with Crippen molar-refractivity contribution in [2.45, 2.75) is 40.0 Å². The summed E-state index contributed by atoms with van der Waals surface area (Å²) in [5, 5.41) is 3.16. The molecular weight excluding hydrogens is 234 g/mol. The molecule has 0 fully saturated rings. The maximum absolute atomic E-state index is 5.86. The Kier molecular flexibility index (Phi) is 6.40. The summed E-state index contributed by atoms with van der Waals surface area (Å²) >= 11 is 0. The Morgan fingerprint density at radius 1 is 1.32 bits per heavy atom. The van der Waals surface area contributed by atoms with Crippen molar-refractivity contribution in [2.24, 2.45) is 16.6 Å². The first-order valence-corrected chi connectivity index (χ1v) is 7.09. The van der Waals surface area contributed by atoms with Crippen molar-refractivity contribution in [1.29, 1.82) is 0 Å². The maximum Gasteiger partial charge on any atom is 0.188 e. The third kappa shape index (κ3) is 6.27. The fourth-order valence-electron chi connectivity index (χ4n) is 1.86. The molecule has 0 aromatic heterocycles. The van der Waals surface area contributed by atoms with E-state index in [4.69, 9.17) is 5.73 Å². The summed E-state index contributed by atoms with van der Waals surface area (Å²) in [6.07, 6.45) is 1.11. The van der Waals surface area contributed by atoms with E-state index in [1.165, 1.54) is 11.1 Å². The van der Waals surface area contributed by atoms with Gasteiger partial charge in [0.2, 0.25) is 0 Å². The lowest BCUT2D eigenvalue weighted by Gasteiger charge is -2.11. The Labute approximate surface area is 117 Å². The lowest BCUT2D eigenvalue weighted by atomic mass is 10.00. The van der Waals surface area contributed by atoms with E-state index in [-0.39, 0.29) is 0 Å². The fourth-order valence-corrected chi connectivity index (χ4v) is 1.86. The van der Waals surface area contributed by atoms with Gasteiger partial charge in [-0.15, -0.1) is 0 Å². The van der Waals surface area contributed by atoms with Crippen LogP contribution in [0.1, 0.15) is 44.2 Å². The molecule has 3 heteroatoms. The number of aryl methyl sites for hydroxylation is 1. The largest absolute Gasteiger partial charge is 0.370 e. The molecule has 0 saturated carbocycles. The van der Waals surface area contributed by atoms with Crippen molar-refractivity contribution in [3.63, 3.8) is 0 Å². The highest BCUT2D eigenvalue weighted by Gasteiger charge is 2.05. The smallest absolute Gasteiger partial charge is 0.188 e. The molecule has 0 amide bonds. The van der Waals surface area contributed by atoms with Gasteiger partial charge in [0, 0.05) is 19.0 Å². The van der Waals surface area contributed by atoms with Gasteiger partial charge in [0.15, 0.2) is 5.96 Å². The summed E-state index contributed by atoms with van der Waals surface area (Å²) in [4.78, 5) is 4.41. The standard InChI is InChI=1S/C16H27N3/c1-12(2)8-9-18-16(17)19-11-14(4)15-7-5-6-13(3)10-15/h5-7,10,12,14H,8-9,11H2,1-4H3,(H3,17,18,19). The minimum atomic E-state index is 0.394. The first kappa shape index (κ1) is 15.5. The highest BCUT2D eigenvalue weighted by molar-refractivity contribution is 5.77. The Hall–Kier alpha value is -1.51. The van der Waals surface area contributed by atoms with Crippen LogP contribution in [0.2, 0.25) is 0 Å². The lowest BCUT2D eigenvalue weighted by Crippen LogP contribution is -2.33. The summed E-state index contributed by atoms with van der Waals surface area (Å²) in [5.41, 5.74) is 8.46. The number of nitrogens with two attached hydrogens (primary N) is 1. The van der Waals surface area contributed by atoms with Crippen molar-refractivity contribution in [3.05, 3.63) is 35.4 Å². The van der Waals surface area contributed by atoms with E-state index < -0.39 is 0 Å². The molecule has 3 N–H and O–H groups in total. The van der Waals surface area contributed by atoms with Gasteiger partial charge in [-0.2, -0.15) is 0 Å². The second-order valence-electron chi connectivity index (χ2n) is 5.65. The molecule has 0 spiro atoms. The quantitative estimate of drug-likeness (QED) is 0.611. The molecule has 0 aliphatic rings. The average molecular weight is 261 g/mol. The third-order valence-corrected chi connectivity index (χ3v) is 3.17. The second-order valence-corrected chi connectivity index (χ2v) is 5.65. The van der Waals surface area contributed by atoms with Crippen LogP contribution in [0, 0.1) is 12.8 Å². The average Bonchev–Trinajstić information content (AvgIpc) is 2.35. The third-order valence-electron chi connectivity index (χ3n) is 3.17. The van der Waals surface area contributed by atoms with E-state index >= 15 is 0 Å². The SMILES string of the molecule is Cc1cccc(C(C)CN=C(N)NCCC(C)C)c1. The molecule has 0 bridgehead atoms. The summed E-state index contributed by atoms with van der Waals surface area (Å²) in [5.74, 6) is 1.64.